The Bertz CT molecular complexity index is 703. The molecule has 2 aromatic rings. The molecule has 24 heavy (non-hydrogen) atoms. The monoisotopic (exact) mass is 436 g/mol. The topological polar surface area (TPSA) is 41.6 Å². The van der Waals surface area contributed by atoms with E-state index in [0.29, 0.717) is 6.54 Å². The second kappa shape index (κ2) is 7.98. The molecule has 0 aliphatic carbocycles. The molecule has 1 aliphatic rings. The van der Waals surface area contributed by atoms with Crippen LogP contribution in [0.4, 0.5) is 5.69 Å². The molecule has 1 aliphatic heterocycles. The van der Waals surface area contributed by atoms with Gasteiger partial charge in [0.1, 0.15) is 5.75 Å². The van der Waals surface area contributed by atoms with Crippen LogP contribution in [0.25, 0.3) is 0 Å². The van der Waals surface area contributed by atoms with E-state index in [0.717, 1.165) is 34.4 Å². The summed E-state index contributed by atoms with van der Waals surface area (Å²) in [4.78, 5) is 14.6. The van der Waals surface area contributed by atoms with Crippen LogP contribution in [0.1, 0.15) is 24.4 Å². The van der Waals surface area contributed by atoms with Crippen molar-refractivity contribution in [3.05, 3.63) is 57.7 Å². The summed E-state index contributed by atoms with van der Waals surface area (Å²) in [6.45, 7) is 1.36. The molecule has 1 N–H and O–H groups in total. The molecule has 1 saturated heterocycles. The average Bonchev–Trinajstić information content (AvgIpc) is 3.05. The molecule has 2 aromatic carbocycles. The van der Waals surface area contributed by atoms with Gasteiger partial charge in [0.25, 0.3) is 0 Å². The van der Waals surface area contributed by atoms with Gasteiger partial charge in [-0.05, 0) is 83.9 Å². The molecule has 1 fully saturated rings. The van der Waals surface area contributed by atoms with Crippen molar-refractivity contribution in [3.8, 4) is 5.75 Å². The number of likely N-dealkylation sites (tertiary alicyclic amines) is 1. The van der Waals surface area contributed by atoms with Crippen molar-refractivity contribution in [1.82, 2.24) is 4.90 Å². The van der Waals surface area contributed by atoms with E-state index in [9.17, 15) is 4.79 Å². The minimum atomic E-state index is 0.0333. The Morgan fingerprint density at radius 1 is 1.29 bits per heavy atom. The number of nitrogens with zero attached hydrogens (tertiary/aromatic N) is 1. The number of ether oxygens (including phenoxy) is 1. The molecule has 3 rings (SSSR count). The van der Waals surface area contributed by atoms with Gasteiger partial charge >= 0.3 is 0 Å². The first-order valence-electron chi connectivity index (χ1n) is 8.09. The van der Waals surface area contributed by atoms with Gasteiger partial charge in [-0.15, -0.1) is 0 Å². The zero-order valence-corrected chi connectivity index (χ0v) is 15.8. The lowest BCUT2D eigenvalue weighted by atomic mass is 10.0. The molecule has 0 aromatic heterocycles. The molecule has 4 nitrogen and oxygen atoms in total. The Morgan fingerprint density at radius 2 is 2.08 bits per heavy atom. The first-order valence-corrected chi connectivity index (χ1v) is 9.17. The van der Waals surface area contributed by atoms with Crippen LogP contribution in [-0.2, 0) is 4.79 Å². The van der Waals surface area contributed by atoms with Crippen molar-refractivity contribution in [2.24, 2.45) is 0 Å². The van der Waals surface area contributed by atoms with Crippen molar-refractivity contribution in [1.29, 1.82) is 0 Å². The zero-order chi connectivity index (χ0) is 16.9. The van der Waals surface area contributed by atoms with Crippen LogP contribution < -0.4 is 10.1 Å². The Labute approximate surface area is 156 Å². The maximum Gasteiger partial charge on any atom is 0.238 e. The van der Waals surface area contributed by atoms with Gasteiger partial charge in [-0.2, -0.15) is 0 Å². The third-order valence-corrected chi connectivity index (χ3v) is 5.04. The van der Waals surface area contributed by atoms with E-state index in [4.69, 9.17) is 4.74 Å². The molecule has 0 bridgehead atoms. The Morgan fingerprint density at radius 3 is 2.83 bits per heavy atom. The summed E-state index contributed by atoms with van der Waals surface area (Å²) in [6.07, 6.45) is 2.18. The lowest BCUT2D eigenvalue weighted by Crippen LogP contribution is -2.32. The number of hydrogen-bond donors (Lipinski definition) is 1. The van der Waals surface area contributed by atoms with Gasteiger partial charge in [0.15, 0.2) is 0 Å². The van der Waals surface area contributed by atoms with E-state index in [1.807, 2.05) is 36.4 Å². The van der Waals surface area contributed by atoms with Crippen LogP contribution in [-0.4, -0.2) is 31.0 Å². The highest BCUT2D eigenvalue weighted by Gasteiger charge is 2.27. The molecular weight excluding hydrogens is 415 g/mol. The summed E-state index contributed by atoms with van der Waals surface area (Å²) in [6, 6.07) is 16.3. The predicted molar refractivity (Wildman–Crippen MR) is 104 cm³/mol. The lowest BCUT2D eigenvalue weighted by Gasteiger charge is -2.24. The Kier molecular flexibility index (Phi) is 5.73. The van der Waals surface area contributed by atoms with Crippen LogP contribution in [0.5, 0.6) is 5.75 Å². The van der Waals surface area contributed by atoms with Crippen molar-refractivity contribution < 1.29 is 9.53 Å². The SMILES string of the molecule is COc1cccc([C@@H]2CCCN2CC(=O)Nc2ccc(I)cc2)c1. The van der Waals surface area contributed by atoms with E-state index < -0.39 is 0 Å². The maximum atomic E-state index is 12.4. The van der Waals surface area contributed by atoms with Gasteiger partial charge in [-0.25, -0.2) is 0 Å². The van der Waals surface area contributed by atoms with Gasteiger partial charge in [-0.1, -0.05) is 12.1 Å². The molecular formula is C19H21IN2O2. The van der Waals surface area contributed by atoms with E-state index in [2.05, 4.69) is 44.9 Å². The molecule has 5 heteroatoms. The molecule has 0 unspecified atom stereocenters. The summed E-state index contributed by atoms with van der Waals surface area (Å²) >= 11 is 2.25. The van der Waals surface area contributed by atoms with Gasteiger partial charge in [0.05, 0.1) is 13.7 Å². The molecule has 126 valence electrons. The molecule has 0 saturated carbocycles. The van der Waals surface area contributed by atoms with Crippen molar-refractivity contribution in [2.45, 2.75) is 18.9 Å². The van der Waals surface area contributed by atoms with E-state index in [-0.39, 0.29) is 11.9 Å². The predicted octanol–water partition coefficient (Wildman–Crippen LogP) is 4.08. The van der Waals surface area contributed by atoms with E-state index >= 15 is 0 Å². The number of benzene rings is 2. The minimum absolute atomic E-state index is 0.0333. The number of hydrogen-bond acceptors (Lipinski definition) is 3. The smallest absolute Gasteiger partial charge is 0.238 e. The van der Waals surface area contributed by atoms with Gasteiger partial charge in [0.2, 0.25) is 5.91 Å². The highest BCUT2D eigenvalue weighted by atomic mass is 127. The van der Waals surface area contributed by atoms with Gasteiger partial charge in [0, 0.05) is 15.3 Å². The molecule has 1 amide bonds. The van der Waals surface area contributed by atoms with Crippen molar-refractivity contribution in [3.63, 3.8) is 0 Å². The fourth-order valence-corrected chi connectivity index (χ4v) is 3.52. The van der Waals surface area contributed by atoms with Crippen molar-refractivity contribution in [2.75, 3.05) is 25.5 Å². The largest absolute Gasteiger partial charge is 0.497 e. The van der Waals surface area contributed by atoms with E-state index in [1.54, 1.807) is 7.11 Å². The summed E-state index contributed by atoms with van der Waals surface area (Å²) in [7, 11) is 1.68. The normalized spacial score (nSPS) is 17.7. The highest BCUT2D eigenvalue weighted by molar-refractivity contribution is 14.1. The Balaban J connectivity index is 1.64. The summed E-state index contributed by atoms with van der Waals surface area (Å²) in [5.74, 6) is 0.897. The number of amides is 1. The third kappa shape index (κ3) is 4.27. The number of methoxy groups -OCH3 is 1. The average molecular weight is 436 g/mol. The van der Waals surface area contributed by atoms with Crippen LogP contribution in [0.15, 0.2) is 48.5 Å². The summed E-state index contributed by atoms with van der Waals surface area (Å²) in [5.41, 5.74) is 2.06. The first kappa shape index (κ1) is 17.2. The summed E-state index contributed by atoms with van der Waals surface area (Å²) < 4.78 is 6.48. The van der Waals surface area contributed by atoms with E-state index in [1.165, 1.54) is 5.56 Å². The maximum absolute atomic E-state index is 12.4. The number of anilines is 1. The van der Waals surface area contributed by atoms with Crippen LogP contribution in [0, 0.1) is 3.57 Å². The summed E-state index contributed by atoms with van der Waals surface area (Å²) in [5, 5.41) is 2.98. The minimum Gasteiger partial charge on any atom is -0.497 e. The molecule has 1 atom stereocenters. The first-order chi connectivity index (χ1) is 11.7. The number of carbonyl (C=O) groups is 1. The number of rotatable bonds is 5. The standard InChI is InChI=1S/C19H21IN2O2/c1-24-17-5-2-4-14(12-17)18-6-3-11-22(18)13-19(23)21-16-9-7-15(20)8-10-16/h2,4-5,7-10,12,18H,3,6,11,13H2,1H3,(H,21,23)/t18-/m0/s1. The second-order valence-corrected chi connectivity index (χ2v) is 7.21. The molecule has 0 spiro atoms. The second-order valence-electron chi connectivity index (χ2n) is 5.96. The number of halogens is 1. The van der Waals surface area contributed by atoms with Crippen LogP contribution in [0.2, 0.25) is 0 Å². The van der Waals surface area contributed by atoms with Crippen molar-refractivity contribution >= 4 is 34.2 Å². The van der Waals surface area contributed by atoms with Gasteiger partial charge < -0.3 is 10.1 Å². The van der Waals surface area contributed by atoms with Gasteiger partial charge in [-0.3, -0.25) is 9.69 Å². The third-order valence-electron chi connectivity index (χ3n) is 4.32. The fraction of sp³-hybridized carbons (Fsp3) is 0.316. The van der Waals surface area contributed by atoms with Crippen LogP contribution in [0.3, 0.4) is 0 Å². The molecule has 0 radical (unpaired) electrons. The fourth-order valence-electron chi connectivity index (χ4n) is 3.16. The lowest BCUT2D eigenvalue weighted by molar-refractivity contribution is -0.117. The zero-order valence-electron chi connectivity index (χ0n) is 13.7. The number of carbonyl (C=O) groups excluding carboxylic acids is 1. The highest BCUT2D eigenvalue weighted by Crippen LogP contribution is 2.33. The molecule has 1 heterocycles. The quantitative estimate of drug-likeness (QED) is 0.719. The Hall–Kier alpha value is -1.60. The number of nitrogens with one attached hydrogen (secondary N) is 1. The van der Waals surface area contributed by atoms with Crippen LogP contribution >= 0.6 is 22.6 Å².